The van der Waals surface area contributed by atoms with Crippen LogP contribution in [0, 0.1) is 17.6 Å². The molecule has 2 heterocycles. The summed E-state index contributed by atoms with van der Waals surface area (Å²) in [6, 6.07) is 3.81. The van der Waals surface area contributed by atoms with Crippen LogP contribution in [0.25, 0.3) is 11.5 Å². The van der Waals surface area contributed by atoms with E-state index in [-0.39, 0.29) is 6.04 Å². The maximum absolute atomic E-state index is 13.3. The average molecular weight is 307 g/mol. The van der Waals surface area contributed by atoms with Gasteiger partial charge in [-0.1, -0.05) is 0 Å². The van der Waals surface area contributed by atoms with Gasteiger partial charge in [-0.3, -0.25) is 4.90 Å². The van der Waals surface area contributed by atoms with Gasteiger partial charge in [-0.25, -0.2) is 13.8 Å². The van der Waals surface area contributed by atoms with Crippen molar-refractivity contribution in [2.24, 2.45) is 11.7 Å². The molecule has 2 atom stereocenters. The van der Waals surface area contributed by atoms with Crippen molar-refractivity contribution in [2.75, 3.05) is 13.1 Å². The lowest BCUT2D eigenvalue weighted by Gasteiger charge is -2.16. The molecule has 2 aromatic rings. The Morgan fingerprint density at radius 3 is 2.91 bits per heavy atom. The summed E-state index contributed by atoms with van der Waals surface area (Å²) in [5.74, 6) is -0.972. The van der Waals surface area contributed by atoms with Gasteiger partial charge in [0, 0.05) is 24.7 Å². The van der Waals surface area contributed by atoms with E-state index in [9.17, 15) is 8.78 Å². The van der Waals surface area contributed by atoms with Gasteiger partial charge < -0.3 is 10.2 Å². The largest absolute Gasteiger partial charge is 0.444 e. The van der Waals surface area contributed by atoms with E-state index in [0.717, 1.165) is 37.3 Å². The summed E-state index contributed by atoms with van der Waals surface area (Å²) in [5.41, 5.74) is 7.15. The summed E-state index contributed by atoms with van der Waals surface area (Å²) in [6.45, 7) is 4.65. The first-order valence-corrected chi connectivity index (χ1v) is 7.40. The first kappa shape index (κ1) is 15.1. The molecular weight excluding hydrogens is 288 g/mol. The van der Waals surface area contributed by atoms with Crippen molar-refractivity contribution >= 4 is 0 Å². The van der Waals surface area contributed by atoms with Gasteiger partial charge in [-0.05, 0) is 44.0 Å². The molecule has 1 aromatic heterocycles. The van der Waals surface area contributed by atoms with Gasteiger partial charge in [0.2, 0.25) is 5.89 Å². The molecule has 0 saturated carbocycles. The number of hydrogen-bond donors (Lipinski definition) is 1. The van der Waals surface area contributed by atoms with Crippen molar-refractivity contribution < 1.29 is 13.2 Å². The molecular formula is C16H19F2N3O. The Balaban J connectivity index is 1.68. The monoisotopic (exact) mass is 307 g/mol. The minimum atomic E-state index is -0.906. The average Bonchev–Trinajstić information content (AvgIpc) is 3.12. The van der Waals surface area contributed by atoms with Crippen molar-refractivity contribution in [3.05, 3.63) is 41.8 Å². The molecule has 1 saturated heterocycles. The molecule has 3 rings (SSSR count). The second kappa shape index (κ2) is 6.14. The zero-order chi connectivity index (χ0) is 15.7. The first-order chi connectivity index (χ1) is 10.5. The van der Waals surface area contributed by atoms with Crippen molar-refractivity contribution in [1.29, 1.82) is 0 Å². The number of benzene rings is 1. The molecule has 1 aromatic carbocycles. The van der Waals surface area contributed by atoms with Gasteiger partial charge in [0.1, 0.15) is 6.26 Å². The van der Waals surface area contributed by atoms with Crippen LogP contribution < -0.4 is 5.73 Å². The molecule has 0 aliphatic carbocycles. The van der Waals surface area contributed by atoms with Crippen molar-refractivity contribution in [1.82, 2.24) is 9.88 Å². The van der Waals surface area contributed by atoms with Crippen molar-refractivity contribution in [3.8, 4) is 11.5 Å². The minimum absolute atomic E-state index is 0.195. The summed E-state index contributed by atoms with van der Waals surface area (Å²) in [4.78, 5) is 6.63. The highest BCUT2D eigenvalue weighted by Gasteiger charge is 2.25. The topological polar surface area (TPSA) is 55.3 Å². The highest BCUT2D eigenvalue weighted by Crippen LogP contribution is 2.24. The zero-order valence-corrected chi connectivity index (χ0v) is 12.4. The Hall–Kier alpha value is -1.79. The van der Waals surface area contributed by atoms with Crippen LogP contribution in [0.1, 0.15) is 19.0 Å². The Morgan fingerprint density at radius 1 is 1.41 bits per heavy atom. The minimum Gasteiger partial charge on any atom is -0.444 e. The SMILES string of the molecule is CC(N)C1CCN(Cc2coc(-c3ccc(F)c(F)c3)n2)C1. The second-order valence-electron chi connectivity index (χ2n) is 5.92. The zero-order valence-electron chi connectivity index (χ0n) is 12.4. The number of oxazole rings is 1. The van der Waals surface area contributed by atoms with Crippen molar-refractivity contribution in [3.63, 3.8) is 0 Å². The summed E-state index contributed by atoms with van der Waals surface area (Å²) < 4.78 is 31.6. The Morgan fingerprint density at radius 2 is 2.23 bits per heavy atom. The second-order valence-corrected chi connectivity index (χ2v) is 5.92. The van der Waals surface area contributed by atoms with Crippen LogP contribution in [0.3, 0.4) is 0 Å². The number of rotatable bonds is 4. The van der Waals surface area contributed by atoms with E-state index in [1.54, 1.807) is 6.26 Å². The van der Waals surface area contributed by atoms with Gasteiger partial charge in [0.25, 0.3) is 0 Å². The van der Waals surface area contributed by atoms with E-state index in [0.29, 0.717) is 23.9 Å². The van der Waals surface area contributed by atoms with Crippen LogP contribution in [0.4, 0.5) is 8.78 Å². The molecule has 0 spiro atoms. The predicted molar refractivity (Wildman–Crippen MR) is 78.9 cm³/mol. The quantitative estimate of drug-likeness (QED) is 0.943. The highest BCUT2D eigenvalue weighted by molar-refractivity contribution is 5.53. The van der Waals surface area contributed by atoms with Gasteiger partial charge >= 0.3 is 0 Å². The van der Waals surface area contributed by atoms with E-state index in [1.165, 1.54) is 6.07 Å². The Kier molecular flexibility index (Phi) is 4.22. The summed E-state index contributed by atoms with van der Waals surface area (Å²) in [5, 5.41) is 0. The van der Waals surface area contributed by atoms with E-state index in [4.69, 9.17) is 10.2 Å². The molecule has 0 bridgehead atoms. The Labute approximate surface area is 127 Å². The third-order valence-electron chi connectivity index (χ3n) is 4.16. The van der Waals surface area contributed by atoms with Crippen LogP contribution in [0.15, 0.2) is 28.9 Å². The third kappa shape index (κ3) is 3.18. The van der Waals surface area contributed by atoms with E-state index in [2.05, 4.69) is 9.88 Å². The number of halogens is 2. The highest BCUT2D eigenvalue weighted by atomic mass is 19.2. The first-order valence-electron chi connectivity index (χ1n) is 7.40. The molecule has 2 N–H and O–H groups in total. The van der Waals surface area contributed by atoms with Crippen LogP contribution in [-0.4, -0.2) is 29.0 Å². The number of nitrogens with two attached hydrogens (primary N) is 1. The van der Waals surface area contributed by atoms with Crippen LogP contribution in [0.2, 0.25) is 0 Å². The number of likely N-dealkylation sites (tertiary alicyclic amines) is 1. The maximum Gasteiger partial charge on any atom is 0.226 e. The van der Waals surface area contributed by atoms with Gasteiger partial charge in [-0.15, -0.1) is 0 Å². The fraction of sp³-hybridized carbons (Fsp3) is 0.438. The van der Waals surface area contributed by atoms with Crippen LogP contribution >= 0.6 is 0 Å². The van der Waals surface area contributed by atoms with E-state index < -0.39 is 11.6 Å². The maximum atomic E-state index is 13.3. The summed E-state index contributed by atoms with van der Waals surface area (Å²) in [6.07, 6.45) is 2.65. The smallest absolute Gasteiger partial charge is 0.226 e. The fourth-order valence-electron chi connectivity index (χ4n) is 2.81. The molecule has 0 radical (unpaired) electrons. The lowest BCUT2D eigenvalue weighted by molar-refractivity contribution is 0.305. The van der Waals surface area contributed by atoms with E-state index >= 15 is 0 Å². The molecule has 1 fully saturated rings. The molecule has 118 valence electrons. The Bertz CT molecular complexity index is 657. The van der Waals surface area contributed by atoms with Crippen LogP contribution in [-0.2, 0) is 6.54 Å². The van der Waals surface area contributed by atoms with Gasteiger partial charge in [0.05, 0.1) is 5.69 Å². The normalized spacial score (nSPS) is 20.5. The number of aromatic nitrogens is 1. The molecule has 2 unspecified atom stereocenters. The molecule has 1 aliphatic rings. The molecule has 4 nitrogen and oxygen atoms in total. The predicted octanol–water partition coefficient (Wildman–Crippen LogP) is 2.79. The van der Waals surface area contributed by atoms with Crippen LogP contribution in [0.5, 0.6) is 0 Å². The summed E-state index contributed by atoms with van der Waals surface area (Å²) >= 11 is 0. The number of nitrogens with zero attached hydrogens (tertiary/aromatic N) is 2. The van der Waals surface area contributed by atoms with Gasteiger partial charge in [-0.2, -0.15) is 0 Å². The van der Waals surface area contributed by atoms with Crippen molar-refractivity contribution in [2.45, 2.75) is 25.9 Å². The molecule has 1 aliphatic heterocycles. The molecule has 0 amide bonds. The summed E-state index contributed by atoms with van der Waals surface area (Å²) in [7, 11) is 0. The number of hydrogen-bond acceptors (Lipinski definition) is 4. The lowest BCUT2D eigenvalue weighted by atomic mass is 10.0. The third-order valence-corrected chi connectivity index (χ3v) is 4.16. The van der Waals surface area contributed by atoms with E-state index in [1.807, 2.05) is 6.92 Å². The fourth-order valence-corrected chi connectivity index (χ4v) is 2.81. The molecule has 22 heavy (non-hydrogen) atoms. The lowest BCUT2D eigenvalue weighted by Crippen LogP contribution is -2.29. The molecule has 6 heteroatoms. The van der Waals surface area contributed by atoms with Gasteiger partial charge in [0.15, 0.2) is 11.6 Å². The standard InChI is InChI=1S/C16H19F2N3O/c1-10(19)12-4-5-21(7-12)8-13-9-22-16(20-13)11-2-3-14(17)15(18)6-11/h2-3,6,9-10,12H,4-5,7-8,19H2,1H3.